The maximum absolute atomic E-state index is 12.3. The fourth-order valence-corrected chi connectivity index (χ4v) is 3.92. The number of benzene rings is 2. The minimum Gasteiger partial charge on any atom is -0.380 e. The Morgan fingerprint density at radius 2 is 1.87 bits per heavy atom. The maximum atomic E-state index is 12.3. The van der Waals surface area contributed by atoms with Gasteiger partial charge in [-0.25, -0.2) is 9.97 Å². The van der Waals surface area contributed by atoms with Gasteiger partial charge in [-0.15, -0.1) is 0 Å². The molecule has 6 nitrogen and oxygen atoms in total. The van der Waals surface area contributed by atoms with Crippen molar-refractivity contribution in [2.24, 2.45) is 0 Å². The van der Waals surface area contributed by atoms with E-state index in [9.17, 15) is 9.90 Å². The quantitative estimate of drug-likeness (QED) is 0.658. The predicted molar refractivity (Wildman–Crippen MR) is 124 cm³/mol. The summed E-state index contributed by atoms with van der Waals surface area (Å²) in [5.74, 6) is 1.38. The van der Waals surface area contributed by atoms with Gasteiger partial charge in [0, 0.05) is 30.1 Å². The molecule has 1 saturated heterocycles. The van der Waals surface area contributed by atoms with Gasteiger partial charge in [0.05, 0.1) is 5.52 Å². The number of aryl methyl sites for hydroxylation is 1. The summed E-state index contributed by atoms with van der Waals surface area (Å²) in [6.07, 6.45) is 2.01. The molecule has 1 amide bonds. The zero-order valence-electron chi connectivity index (χ0n) is 18.4. The third-order valence-corrected chi connectivity index (χ3v) is 6.17. The molecule has 1 atom stereocenters. The van der Waals surface area contributed by atoms with Crippen LogP contribution in [0.5, 0.6) is 0 Å². The van der Waals surface area contributed by atoms with Gasteiger partial charge in [0.1, 0.15) is 11.4 Å². The van der Waals surface area contributed by atoms with Gasteiger partial charge in [0.15, 0.2) is 5.82 Å². The van der Waals surface area contributed by atoms with Gasteiger partial charge in [-0.1, -0.05) is 43.3 Å². The molecule has 31 heavy (non-hydrogen) atoms. The van der Waals surface area contributed by atoms with Crippen LogP contribution in [0.1, 0.15) is 38.7 Å². The Morgan fingerprint density at radius 3 is 2.55 bits per heavy atom. The average molecular weight is 419 g/mol. The van der Waals surface area contributed by atoms with Crippen molar-refractivity contribution in [1.82, 2.24) is 15.3 Å². The summed E-state index contributed by atoms with van der Waals surface area (Å²) < 4.78 is 0. The van der Waals surface area contributed by atoms with Crippen molar-refractivity contribution in [3.05, 3.63) is 54.1 Å². The second-order valence-corrected chi connectivity index (χ2v) is 8.62. The number of fused-ring (bicyclic) bond motifs is 1. The Labute approximate surface area is 183 Å². The molecule has 0 saturated carbocycles. The van der Waals surface area contributed by atoms with Gasteiger partial charge in [0.25, 0.3) is 5.91 Å². The number of anilines is 1. The number of carbonyl (C=O) groups is 1. The average Bonchev–Trinajstić information content (AvgIpc) is 2.79. The summed E-state index contributed by atoms with van der Waals surface area (Å²) in [6.45, 7) is 7.02. The molecule has 0 radical (unpaired) electrons. The van der Waals surface area contributed by atoms with E-state index in [4.69, 9.17) is 9.97 Å². The van der Waals surface area contributed by atoms with Crippen LogP contribution in [0.3, 0.4) is 0 Å². The van der Waals surface area contributed by atoms with E-state index in [1.165, 1.54) is 5.56 Å². The highest BCUT2D eigenvalue weighted by Crippen LogP contribution is 2.30. The van der Waals surface area contributed by atoms with Crippen molar-refractivity contribution in [3.8, 4) is 11.4 Å². The smallest absolute Gasteiger partial charge is 0.251 e. The van der Waals surface area contributed by atoms with E-state index in [1.807, 2.05) is 37.3 Å². The third-order valence-electron chi connectivity index (χ3n) is 6.17. The Hall–Kier alpha value is -2.99. The highest BCUT2D eigenvalue weighted by Gasteiger charge is 2.31. The normalized spacial score (nSPS) is 16.8. The van der Waals surface area contributed by atoms with E-state index >= 15 is 0 Å². The number of amides is 1. The summed E-state index contributed by atoms with van der Waals surface area (Å²) in [5, 5.41) is 14.3. The standard InChI is InChI=1S/C25H30N4O2/c1-4-25(3,31)24(30)26-19-12-14-29(15-13-19)23-20-11-10-17(2)16-21(20)27-22(28-23)18-8-6-5-7-9-18/h5-11,16,19,31H,4,12-15H2,1-3H3,(H,26,30). The van der Waals surface area contributed by atoms with Crippen LogP contribution < -0.4 is 10.2 Å². The maximum Gasteiger partial charge on any atom is 0.251 e. The largest absolute Gasteiger partial charge is 0.380 e. The van der Waals surface area contributed by atoms with Crippen LogP contribution in [-0.2, 0) is 4.79 Å². The first-order valence-electron chi connectivity index (χ1n) is 11.0. The fraction of sp³-hybridized carbons (Fsp3) is 0.400. The Morgan fingerprint density at radius 1 is 1.16 bits per heavy atom. The van der Waals surface area contributed by atoms with Crippen LogP contribution in [0.25, 0.3) is 22.3 Å². The number of aromatic nitrogens is 2. The van der Waals surface area contributed by atoms with Crippen molar-refractivity contribution in [2.75, 3.05) is 18.0 Å². The number of aliphatic hydroxyl groups is 1. The first kappa shape index (κ1) is 21.2. The number of rotatable bonds is 5. The first-order valence-corrected chi connectivity index (χ1v) is 11.0. The lowest BCUT2D eigenvalue weighted by atomic mass is 9.99. The number of piperidine rings is 1. The topological polar surface area (TPSA) is 78.4 Å². The lowest BCUT2D eigenvalue weighted by molar-refractivity contribution is -0.139. The fourth-order valence-electron chi connectivity index (χ4n) is 3.92. The van der Waals surface area contributed by atoms with Crippen LogP contribution >= 0.6 is 0 Å². The van der Waals surface area contributed by atoms with E-state index in [0.717, 1.165) is 54.0 Å². The molecule has 1 fully saturated rings. The van der Waals surface area contributed by atoms with E-state index < -0.39 is 5.60 Å². The van der Waals surface area contributed by atoms with Crippen LogP contribution in [0.4, 0.5) is 5.82 Å². The lowest BCUT2D eigenvalue weighted by Gasteiger charge is -2.35. The van der Waals surface area contributed by atoms with E-state index in [-0.39, 0.29) is 11.9 Å². The summed E-state index contributed by atoms with van der Waals surface area (Å²) in [6, 6.07) is 16.4. The molecule has 2 heterocycles. The van der Waals surface area contributed by atoms with Gasteiger partial charge in [0.2, 0.25) is 0 Å². The molecular weight excluding hydrogens is 388 g/mol. The van der Waals surface area contributed by atoms with Crippen molar-refractivity contribution in [2.45, 2.75) is 51.7 Å². The van der Waals surface area contributed by atoms with Crippen molar-refractivity contribution in [1.29, 1.82) is 0 Å². The van der Waals surface area contributed by atoms with Gasteiger partial charge in [-0.2, -0.15) is 0 Å². The molecular formula is C25H30N4O2. The van der Waals surface area contributed by atoms with Crippen LogP contribution in [0.15, 0.2) is 48.5 Å². The summed E-state index contributed by atoms with van der Waals surface area (Å²) in [7, 11) is 0. The molecule has 0 aliphatic carbocycles. The molecule has 3 aromatic rings. The van der Waals surface area contributed by atoms with Crippen LogP contribution in [-0.4, -0.2) is 45.7 Å². The molecule has 0 bridgehead atoms. The molecule has 0 spiro atoms. The van der Waals surface area contributed by atoms with Crippen LogP contribution in [0.2, 0.25) is 0 Å². The molecule has 1 unspecified atom stereocenters. The highest BCUT2D eigenvalue weighted by atomic mass is 16.3. The lowest BCUT2D eigenvalue weighted by Crippen LogP contribution is -2.51. The molecule has 1 aliphatic rings. The van der Waals surface area contributed by atoms with Crippen molar-refractivity contribution < 1.29 is 9.90 Å². The molecule has 2 N–H and O–H groups in total. The second kappa shape index (κ2) is 8.63. The SMILES string of the molecule is CCC(C)(O)C(=O)NC1CCN(c2nc(-c3ccccc3)nc3cc(C)ccc23)CC1. The van der Waals surface area contributed by atoms with E-state index in [1.54, 1.807) is 6.92 Å². The summed E-state index contributed by atoms with van der Waals surface area (Å²) in [4.78, 5) is 24.4. The van der Waals surface area contributed by atoms with Crippen LogP contribution in [0, 0.1) is 6.92 Å². The first-order chi connectivity index (χ1) is 14.9. The Kier molecular flexibility index (Phi) is 5.92. The van der Waals surface area contributed by atoms with Crippen molar-refractivity contribution in [3.63, 3.8) is 0 Å². The number of carbonyl (C=O) groups excluding carboxylic acids is 1. The highest BCUT2D eigenvalue weighted by molar-refractivity contribution is 5.91. The number of hydrogen-bond acceptors (Lipinski definition) is 5. The molecule has 6 heteroatoms. The molecule has 1 aliphatic heterocycles. The molecule has 162 valence electrons. The minimum atomic E-state index is -1.32. The van der Waals surface area contributed by atoms with Crippen molar-refractivity contribution >= 4 is 22.6 Å². The third kappa shape index (κ3) is 4.54. The summed E-state index contributed by atoms with van der Waals surface area (Å²) >= 11 is 0. The van der Waals surface area contributed by atoms with Gasteiger partial charge in [-0.05, 0) is 50.8 Å². The molecule has 4 rings (SSSR count). The zero-order valence-corrected chi connectivity index (χ0v) is 18.4. The Balaban J connectivity index is 1.59. The number of nitrogens with one attached hydrogen (secondary N) is 1. The van der Waals surface area contributed by atoms with E-state index in [0.29, 0.717) is 6.42 Å². The Bertz CT molecular complexity index is 1070. The predicted octanol–water partition coefficient (Wildman–Crippen LogP) is 3.85. The zero-order chi connectivity index (χ0) is 22.0. The summed E-state index contributed by atoms with van der Waals surface area (Å²) in [5.41, 5.74) is 1.79. The second-order valence-electron chi connectivity index (χ2n) is 8.62. The van der Waals surface area contributed by atoms with Gasteiger partial charge < -0.3 is 15.3 Å². The molecule has 2 aromatic carbocycles. The monoisotopic (exact) mass is 418 g/mol. The minimum absolute atomic E-state index is 0.0608. The molecule has 1 aromatic heterocycles. The van der Waals surface area contributed by atoms with E-state index in [2.05, 4.69) is 35.3 Å². The van der Waals surface area contributed by atoms with Gasteiger partial charge in [-0.3, -0.25) is 4.79 Å². The number of nitrogens with zero attached hydrogens (tertiary/aromatic N) is 3. The number of hydrogen-bond donors (Lipinski definition) is 2. The van der Waals surface area contributed by atoms with Gasteiger partial charge >= 0.3 is 0 Å².